The van der Waals surface area contributed by atoms with E-state index in [1.165, 1.54) is 19.1 Å². The standard InChI is InChI=1S/C18H25N3O5/c1-25-11-14(19)16(22)20-13-7-5-6-12(10-13)17(23)21-9-4-3-8-15(21)18(24)26-2/h5-7,10,14-15H,3-4,8-9,11,19H2,1-2H3,(H,20,22). The van der Waals surface area contributed by atoms with Gasteiger partial charge in [-0.1, -0.05) is 6.07 Å². The molecule has 0 spiro atoms. The molecule has 8 nitrogen and oxygen atoms in total. The Morgan fingerprint density at radius 1 is 1.31 bits per heavy atom. The zero-order valence-electron chi connectivity index (χ0n) is 15.1. The normalized spacial score (nSPS) is 18.1. The number of nitrogens with zero attached hydrogens (tertiary/aromatic N) is 1. The highest BCUT2D eigenvalue weighted by atomic mass is 16.5. The first-order valence-corrected chi connectivity index (χ1v) is 8.52. The van der Waals surface area contributed by atoms with E-state index in [1.807, 2.05) is 0 Å². The van der Waals surface area contributed by atoms with Gasteiger partial charge in [-0.2, -0.15) is 0 Å². The molecule has 1 aliphatic heterocycles. The quantitative estimate of drug-likeness (QED) is 0.722. The summed E-state index contributed by atoms with van der Waals surface area (Å²) in [5.74, 6) is -1.08. The van der Waals surface area contributed by atoms with Gasteiger partial charge in [0.2, 0.25) is 5.91 Å². The van der Waals surface area contributed by atoms with E-state index in [0.717, 1.165) is 12.8 Å². The monoisotopic (exact) mass is 363 g/mol. The molecule has 2 unspecified atom stereocenters. The van der Waals surface area contributed by atoms with Crippen LogP contribution in [0.4, 0.5) is 5.69 Å². The van der Waals surface area contributed by atoms with E-state index in [4.69, 9.17) is 15.2 Å². The molecule has 2 atom stereocenters. The van der Waals surface area contributed by atoms with Crippen LogP contribution in [0.1, 0.15) is 29.6 Å². The Balaban J connectivity index is 2.14. The number of nitrogens with two attached hydrogens (primary N) is 1. The molecule has 142 valence electrons. The van der Waals surface area contributed by atoms with Crippen molar-refractivity contribution in [3.63, 3.8) is 0 Å². The molecule has 0 bridgehead atoms. The van der Waals surface area contributed by atoms with Gasteiger partial charge in [-0.3, -0.25) is 9.59 Å². The average molecular weight is 363 g/mol. The fourth-order valence-electron chi connectivity index (χ4n) is 2.94. The molecule has 2 rings (SSSR count). The second-order valence-corrected chi connectivity index (χ2v) is 6.17. The lowest BCUT2D eigenvalue weighted by molar-refractivity contribution is -0.147. The molecule has 0 saturated carbocycles. The summed E-state index contributed by atoms with van der Waals surface area (Å²) in [4.78, 5) is 38.4. The fourth-order valence-corrected chi connectivity index (χ4v) is 2.94. The number of anilines is 1. The van der Waals surface area contributed by atoms with Crippen LogP contribution in [0.15, 0.2) is 24.3 Å². The fraction of sp³-hybridized carbons (Fsp3) is 0.500. The Morgan fingerprint density at radius 2 is 2.08 bits per heavy atom. The van der Waals surface area contributed by atoms with Crippen molar-refractivity contribution in [3.05, 3.63) is 29.8 Å². The number of piperidine rings is 1. The maximum absolute atomic E-state index is 12.9. The minimum atomic E-state index is -0.801. The van der Waals surface area contributed by atoms with E-state index in [-0.39, 0.29) is 12.5 Å². The first kappa shape index (κ1) is 19.9. The van der Waals surface area contributed by atoms with Crippen molar-refractivity contribution < 1.29 is 23.9 Å². The molecule has 26 heavy (non-hydrogen) atoms. The highest BCUT2D eigenvalue weighted by Crippen LogP contribution is 2.22. The van der Waals surface area contributed by atoms with Gasteiger partial charge in [-0.15, -0.1) is 0 Å². The van der Waals surface area contributed by atoms with Crippen LogP contribution in [0.25, 0.3) is 0 Å². The summed E-state index contributed by atoms with van der Waals surface area (Å²) in [6.45, 7) is 0.590. The summed E-state index contributed by atoms with van der Waals surface area (Å²) in [6, 6.07) is 5.18. The Morgan fingerprint density at radius 3 is 2.77 bits per heavy atom. The van der Waals surface area contributed by atoms with Crippen molar-refractivity contribution in [2.75, 3.05) is 32.7 Å². The number of amides is 2. The van der Waals surface area contributed by atoms with Gasteiger partial charge >= 0.3 is 5.97 Å². The number of ether oxygens (including phenoxy) is 2. The Hall–Kier alpha value is -2.45. The third-order valence-electron chi connectivity index (χ3n) is 4.30. The summed E-state index contributed by atoms with van der Waals surface area (Å²) in [5.41, 5.74) is 6.54. The molecule has 0 radical (unpaired) electrons. The van der Waals surface area contributed by atoms with Gasteiger partial charge in [0.15, 0.2) is 0 Å². The summed E-state index contributed by atoms with van der Waals surface area (Å²) >= 11 is 0. The lowest BCUT2D eigenvalue weighted by atomic mass is 10.0. The van der Waals surface area contributed by atoms with E-state index >= 15 is 0 Å². The minimum Gasteiger partial charge on any atom is -0.467 e. The SMILES string of the molecule is COCC(N)C(=O)Nc1cccc(C(=O)N2CCCCC2C(=O)OC)c1. The van der Waals surface area contributed by atoms with Crippen molar-refractivity contribution in [3.8, 4) is 0 Å². The van der Waals surface area contributed by atoms with Gasteiger partial charge in [-0.25, -0.2) is 4.79 Å². The second-order valence-electron chi connectivity index (χ2n) is 6.17. The number of carbonyl (C=O) groups is 3. The molecule has 1 heterocycles. The number of nitrogens with one attached hydrogen (secondary N) is 1. The molecule has 1 fully saturated rings. The molecule has 0 aromatic heterocycles. The number of methoxy groups -OCH3 is 2. The number of carbonyl (C=O) groups excluding carboxylic acids is 3. The topological polar surface area (TPSA) is 111 Å². The molecule has 1 saturated heterocycles. The van der Waals surface area contributed by atoms with Crippen LogP contribution in [0.5, 0.6) is 0 Å². The van der Waals surface area contributed by atoms with E-state index in [2.05, 4.69) is 5.32 Å². The first-order valence-electron chi connectivity index (χ1n) is 8.52. The predicted octanol–water partition coefficient (Wildman–Crippen LogP) is 0.767. The van der Waals surface area contributed by atoms with Crippen LogP contribution in [0, 0.1) is 0 Å². The number of likely N-dealkylation sites (tertiary alicyclic amines) is 1. The van der Waals surface area contributed by atoms with Crippen LogP contribution in [-0.2, 0) is 19.1 Å². The molecular weight excluding hydrogens is 338 g/mol. The third kappa shape index (κ3) is 4.80. The molecule has 1 aliphatic rings. The van der Waals surface area contributed by atoms with E-state index in [1.54, 1.807) is 24.3 Å². The van der Waals surface area contributed by atoms with Crippen LogP contribution < -0.4 is 11.1 Å². The van der Waals surface area contributed by atoms with Crippen LogP contribution >= 0.6 is 0 Å². The average Bonchev–Trinajstić information content (AvgIpc) is 2.67. The molecule has 1 aromatic rings. The highest BCUT2D eigenvalue weighted by Gasteiger charge is 2.33. The number of rotatable bonds is 6. The number of hydrogen-bond donors (Lipinski definition) is 2. The lowest BCUT2D eigenvalue weighted by Crippen LogP contribution is -2.48. The zero-order valence-corrected chi connectivity index (χ0v) is 15.1. The van der Waals surface area contributed by atoms with Gasteiger partial charge in [-0.05, 0) is 37.5 Å². The Labute approximate surface area is 152 Å². The van der Waals surface area contributed by atoms with Gasteiger partial charge < -0.3 is 25.4 Å². The molecule has 1 aromatic carbocycles. The first-order chi connectivity index (χ1) is 12.5. The van der Waals surface area contributed by atoms with Crippen LogP contribution in [0.3, 0.4) is 0 Å². The van der Waals surface area contributed by atoms with Gasteiger partial charge in [0.05, 0.1) is 13.7 Å². The predicted molar refractivity (Wildman–Crippen MR) is 95.6 cm³/mol. The minimum absolute atomic E-state index is 0.0963. The third-order valence-corrected chi connectivity index (χ3v) is 4.30. The number of hydrogen-bond acceptors (Lipinski definition) is 6. The zero-order chi connectivity index (χ0) is 19.1. The Kier molecular flexibility index (Phi) is 7.11. The molecule has 3 N–H and O–H groups in total. The maximum Gasteiger partial charge on any atom is 0.328 e. The van der Waals surface area contributed by atoms with Crippen molar-refractivity contribution in [1.82, 2.24) is 4.90 Å². The van der Waals surface area contributed by atoms with Crippen molar-refractivity contribution >= 4 is 23.5 Å². The number of esters is 1. The molecule has 2 amide bonds. The molecular formula is C18H25N3O5. The van der Waals surface area contributed by atoms with E-state index in [0.29, 0.717) is 24.2 Å². The lowest BCUT2D eigenvalue weighted by Gasteiger charge is -2.33. The molecule has 8 heteroatoms. The summed E-state index contributed by atoms with van der Waals surface area (Å²) < 4.78 is 9.67. The van der Waals surface area contributed by atoms with Crippen LogP contribution in [-0.4, -0.2) is 62.1 Å². The van der Waals surface area contributed by atoms with Crippen molar-refractivity contribution in [2.45, 2.75) is 31.3 Å². The van der Waals surface area contributed by atoms with Crippen molar-refractivity contribution in [2.24, 2.45) is 5.73 Å². The number of benzene rings is 1. The maximum atomic E-state index is 12.9. The summed E-state index contributed by atoms with van der Waals surface area (Å²) in [6.07, 6.45) is 2.29. The van der Waals surface area contributed by atoms with E-state index in [9.17, 15) is 14.4 Å². The summed E-state index contributed by atoms with van der Waals surface area (Å²) in [7, 11) is 2.78. The smallest absolute Gasteiger partial charge is 0.328 e. The van der Waals surface area contributed by atoms with Crippen LogP contribution in [0.2, 0.25) is 0 Å². The van der Waals surface area contributed by atoms with Gasteiger partial charge in [0.1, 0.15) is 12.1 Å². The Bertz CT molecular complexity index is 664. The van der Waals surface area contributed by atoms with Gasteiger partial charge in [0.25, 0.3) is 5.91 Å². The van der Waals surface area contributed by atoms with E-state index < -0.39 is 24.0 Å². The summed E-state index contributed by atoms with van der Waals surface area (Å²) in [5, 5.41) is 2.66. The van der Waals surface area contributed by atoms with Crippen molar-refractivity contribution in [1.29, 1.82) is 0 Å². The second kappa shape index (κ2) is 9.30. The highest BCUT2D eigenvalue weighted by molar-refractivity contribution is 5.99. The van der Waals surface area contributed by atoms with Gasteiger partial charge in [0, 0.05) is 24.9 Å². The molecule has 0 aliphatic carbocycles. The largest absolute Gasteiger partial charge is 0.467 e.